The van der Waals surface area contributed by atoms with E-state index in [1.54, 1.807) is 0 Å². The number of hydrogen-bond acceptors (Lipinski definition) is 6. The van der Waals surface area contributed by atoms with Gasteiger partial charge in [0.1, 0.15) is 13.2 Å². The van der Waals surface area contributed by atoms with E-state index in [1.165, 1.54) is 148 Å². The Hall–Kier alpha value is -2.11. The highest BCUT2D eigenvalue weighted by Crippen LogP contribution is 2.15. The normalized spacial score (nSPS) is 12.1. The molecule has 0 spiro atoms. The smallest absolute Gasteiger partial charge is 0.306 e. The average molecular weight is 775 g/mol. The summed E-state index contributed by atoms with van der Waals surface area (Å²) in [6.45, 7) is 6.55. The number of allylic oxidation sites excluding steroid dienone is 4. The van der Waals surface area contributed by atoms with Crippen molar-refractivity contribution in [1.29, 1.82) is 0 Å². The van der Waals surface area contributed by atoms with Gasteiger partial charge in [0.15, 0.2) is 6.10 Å². The zero-order chi connectivity index (χ0) is 40.1. The topological polar surface area (TPSA) is 78.9 Å². The van der Waals surface area contributed by atoms with Gasteiger partial charge in [-0.3, -0.25) is 14.4 Å². The van der Waals surface area contributed by atoms with Crippen molar-refractivity contribution in [2.75, 3.05) is 13.2 Å². The van der Waals surface area contributed by atoms with Crippen LogP contribution in [0.4, 0.5) is 0 Å². The quantitative estimate of drug-likeness (QED) is 0.0266. The Balaban J connectivity index is 4.04. The number of esters is 3. The number of rotatable bonds is 43. The van der Waals surface area contributed by atoms with Crippen LogP contribution in [-0.2, 0) is 28.6 Å². The minimum absolute atomic E-state index is 0.0693. The highest BCUT2D eigenvalue weighted by Gasteiger charge is 2.19. The second-order valence-electron chi connectivity index (χ2n) is 16.0. The average Bonchev–Trinajstić information content (AvgIpc) is 3.18. The lowest BCUT2D eigenvalue weighted by Crippen LogP contribution is -2.30. The SMILES string of the molecule is CCCCCCC/C=C\C/C=C\CCCCCCCCCCCCCC(=O)OCC(COC(=O)CCCCCCCCC)OC(=O)CCCCCCCCC. The number of ether oxygens (including phenoxy) is 3. The molecule has 0 saturated heterocycles. The second-order valence-corrected chi connectivity index (χ2v) is 16.0. The van der Waals surface area contributed by atoms with Gasteiger partial charge in [-0.1, -0.05) is 206 Å². The lowest BCUT2D eigenvalue weighted by molar-refractivity contribution is -0.167. The first-order valence-corrected chi connectivity index (χ1v) is 23.8. The van der Waals surface area contributed by atoms with Crippen molar-refractivity contribution >= 4 is 17.9 Å². The Morgan fingerprint density at radius 2 is 0.655 bits per heavy atom. The van der Waals surface area contributed by atoms with Crippen LogP contribution in [0.2, 0.25) is 0 Å². The molecular weight excluding hydrogens is 685 g/mol. The monoisotopic (exact) mass is 775 g/mol. The molecule has 1 unspecified atom stereocenters. The second kappa shape index (κ2) is 44.6. The van der Waals surface area contributed by atoms with Gasteiger partial charge in [0.25, 0.3) is 0 Å². The van der Waals surface area contributed by atoms with Crippen molar-refractivity contribution in [2.45, 2.75) is 258 Å². The summed E-state index contributed by atoms with van der Waals surface area (Å²) in [5.74, 6) is -0.879. The fourth-order valence-electron chi connectivity index (χ4n) is 6.82. The Morgan fingerprint density at radius 3 is 1.00 bits per heavy atom. The molecule has 6 nitrogen and oxygen atoms in total. The molecule has 0 aliphatic carbocycles. The van der Waals surface area contributed by atoms with E-state index in [2.05, 4.69) is 45.1 Å². The molecule has 0 aromatic rings. The van der Waals surface area contributed by atoms with Crippen molar-refractivity contribution in [3.05, 3.63) is 24.3 Å². The fraction of sp³-hybridized carbons (Fsp3) is 0.857. The van der Waals surface area contributed by atoms with Crippen molar-refractivity contribution in [3.8, 4) is 0 Å². The van der Waals surface area contributed by atoms with Crippen molar-refractivity contribution < 1.29 is 28.6 Å². The molecule has 322 valence electrons. The molecule has 0 N–H and O–H groups in total. The van der Waals surface area contributed by atoms with E-state index in [1.807, 2.05) is 0 Å². The van der Waals surface area contributed by atoms with Gasteiger partial charge < -0.3 is 14.2 Å². The Morgan fingerprint density at radius 1 is 0.364 bits per heavy atom. The minimum Gasteiger partial charge on any atom is -0.462 e. The van der Waals surface area contributed by atoms with Gasteiger partial charge in [-0.05, 0) is 51.4 Å². The number of carbonyl (C=O) groups excluding carboxylic acids is 3. The summed E-state index contributed by atoms with van der Waals surface area (Å²) in [5, 5.41) is 0. The minimum atomic E-state index is -0.761. The van der Waals surface area contributed by atoms with Crippen LogP contribution >= 0.6 is 0 Å². The predicted molar refractivity (Wildman–Crippen MR) is 233 cm³/mol. The number of unbranched alkanes of at least 4 members (excludes halogenated alkanes) is 28. The van der Waals surface area contributed by atoms with E-state index in [-0.39, 0.29) is 31.1 Å². The van der Waals surface area contributed by atoms with E-state index in [4.69, 9.17) is 14.2 Å². The van der Waals surface area contributed by atoms with E-state index >= 15 is 0 Å². The molecule has 0 saturated carbocycles. The maximum atomic E-state index is 12.6. The van der Waals surface area contributed by atoms with Crippen LogP contribution in [0, 0.1) is 0 Å². The Kier molecular flexibility index (Phi) is 42.9. The van der Waals surface area contributed by atoms with Gasteiger partial charge in [0.05, 0.1) is 0 Å². The van der Waals surface area contributed by atoms with Crippen LogP contribution in [-0.4, -0.2) is 37.2 Å². The van der Waals surface area contributed by atoms with Gasteiger partial charge in [-0.2, -0.15) is 0 Å². The molecule has 1 atom stereocenters. The zero-order valence-corrected chi connectivity index (χ0v) is 36.7. The van der Waals surface area contributed by atoms with Crippen molar-refractivity contribution in [2.24, 2.45) is 0 Å². The molecule has 55 heavy (non-hydrogen) atoms. The molecule has 0 bridgehead atoms. The lowest BCUT2D eigenvalue weighted by atomic mass is 10.0. The van der Waals surface area contributed by atoms with E-state index in [0.29, 0.717) is 19.3 Å². The summed E-state index contributed by atoms with van der Waals surface area (Å²) in [5.41, 5.74) is 0. The lowest BCUT2D eigenvalue weighted by Gasteiger charge is -2.18. The molecule has 6 heteroatoms. The first-order chi connectivity index (χ1) is 27.0. The van der Waals surface area contributed by atoms with Gasteiger partial charge >= 0.3 is 17.9 Å². The maximum absolute atomic E-state index is 12.6. The van der Waals surface area contributed by atoms with Crippen LogP contribution in [0.5, 0.6) is 0 Å². The van der Waals surface area contributed by atoms with E-state index < -0.39 is 6.10 Å². The molecule has 0 aromatic carbocycles. The summed E-state index contributed by atoms with van der Waals surface area (Å²) < 4.78 is 16.6. The van der Waals surface area contributed by atoms with E-state index in [9.17, 15) is 14.4 Å². The predicted octanol–water partition coefficient (Wildman–Crippen LogP) is 15.2. The van der Waals surface area contributed by atoms with Crippen LogP contribution in [0.1, 0.15) is 252 Å². The Bertz CT molecular complexity index is 896. The van der Waals surface area contributed by atoms with Gasteiger partial charge in [-0.15, -0.1) is 0 Å². The molecule has 0 rings (SSSR count). The molecule has 0 aromatic heterocycles. The molecule has 0 heterocycles. The van der Waals surface area contributed by atoms with Crippen LogP contribution in [0.15, 0.2) is 24.3 Å². The summed E-state index contributed by atoms with van der Waals surface area (Å²) in [7, 11) is 0. The summed E-state index contributed by atoms with van der Waals surface area (Å²) in [6, 6.07) is 0. The van der Waals surface area contributed by atoms with Crippen LogP contribution in [0.25, 0.3) is 0 Å². The summed E-state index contributed by atoms with van der Waals surface area (Å²) >= 11 is 0. The van der Waals surface area contributed by atoms with Crippen molar-refractivity contribution in [1.82, 2.24) is 0 Å². The maximum Gasteiger partial charge on any atom is 0.306 e. The largest absolute Gasteiger partial charge is 0.462 e. The molecular formula is C49H90O6. The van der Waals surface area contributed by atoms with E-state index in [0.717, 1.165) is 64.2 Å². The molecule has 0 fully saturated rings. The number of hydrogen-bond donors (Lipinski definition) is 0. The summed E-state index contributed by atoms with van der Waals surface area (Å²) in [6.07, 6.45) is 49.1. The molecule has 0 aliphatic heterocycles. The summed E-state index contributed by atoms with van der Waals surface area (Å²) in [4.78, 5) is 37.4. The first kappa shape index (κ1) is 52.9. The molecule has 0 aliphatic rings. The molecule has 0 amide bonds. The van der Waals surface area contributed by atoms with Crippen LogP contribution in [0.3, 0.4) is 0 Å². The van der Waals surface area contributed by atoms with Gasteiger partial charge in [0, 0.05) is 19.3 Å². The highest BCUT2D eigenvalue weighted by molar-refractivity contribution is 5.71. The third kappa shape index (κ3) is 42.9. The third-order valence-electron chi connectivity index (χ3n) is 10.5. The van der Waals surface area contributed by atoms with Crippen LogP contribution < -0.4 is 0 Å². The molecule has 0 radical (unpaired) electrons. The third-order valence-corrected chi connectivity index (χ3v) is 10.5. The standard InChI is InChI=1S/C49H90O6/c1-4-7-10-13-16-17-18-19-20-21-22-23-24-25-26-27-28-29-30-31-34-36-39-42-48(51)54-45-46(55-49(52)43-40-37-33-15-12-9-6-3)44-53-47(50)41-38-35-32-14-11-8-5-2/h18-19,21-22,46H,4-17,20,23-45H2,1-3H3/b19-18-,22-21-. The Labute approximate surface area is 341 Å². The first-order valence-electron chi connectivity index (χ1n) is 23.8. The number of carbonyl (C=O) groups is 3. The van der Waals surface area contributed by atoms with Crippen molar-refractivity contribution in [3.63, 3.8) is 0 Å². The highest BCUT2D eigenvalue weighted by atomic mass is 16.6. The fourth-order valence-corrected chi connectivity index (χ4v) is 6.82. The van der Waals surface area contributed by atoms with Gasteiger partial charge in [0.2, 0.25) is 0 Å². The zero-order valence-electron chi connectivity index (χ0n) is 36.7. The van der Waals surface area contributed by atoms with Gasteiger partial charge in [-0.25, -0.2) is 0 Å².